The molecule has 0 bridgehead atoms. The number of rotatable bonds is 11. The van der Waals surface area contributed by atoms with E-state index in [0.717, 1.165) is 27.4 Å². The topological polar surface area (TPSA) is 111 Å². The maximum atomic E-state index is 14.0. The fraction of sp³-hybridized carbons (Fsp3) is 0.206. The van der Waals surface area contributed by atoms with Gasteiger partial charge < -0.3 is 14.8 Å². The number of hydrogen-bond acceptors (Lipinski definition) is 9. The molecule has 2 aromatic heterocycles. The van der Waals surface area contributed by atoms with E-state index in [1.807, 2.05) is 71.5 Å². The standard InChI is InChI=1S/C34H31FN6O4S2/c1-21-8-4-11-24(16-21)40-30(19-36-33(43)22-9-5-10-23(35)17-22)37-38-34(40)47-20-31(42)41-27(18-26(39-41)29-14-7-15-46-29)25-12-6-13-28(44-2)32(25)45-3/h4-17,27H,18-20H2,1-3H3,(H,36,43). The molecule has 0 saturated heterocycles. The number of methoxy groups -OCH3 is 2. The van der Waals surface area contributed by atoms with Gasteiger partial charge in [0.05, 0.1) is 43.1 Å². The van der Waals surface area contributed by atoms with Crippen LogP contribution in [-0.4, -0.2) is 57.3 Å². The number of hydrogen-bond donors (Lipinski definition) is 1. The summed E-state index contributed by atoms with van der Waals surface area (Å²) in [5.74, 6) is 0.423. The molecule has 10 nitrogen and oxygen atoms in total. The third kappa shape index (κ3) is 6.91. The molecule has 13 heteroatoms. The summed E-state index contributed by atoms with van der Waals surface area (Å²) in [5, 5.41) is 20.3. The summed E-state index contributed by atoms with van der Waals surface area (Å²) in [6.45, 7) is 2.00. The van der Waals surface area contributed by atoms with Gasteiger partial charge in [-0.3, -0.25) is 14.2 Å². The van der Waals surface area contributed by atoms with Gasteiger partial charge in [0.15, 0.2) is 22.5 Å². The van der Waals surface area contributed by atoms with Crippen molar-refractivity contribution in [2.45, 2.75) is 31.1 Å². The molecule has 3 heterocycles. The van der Waals surface area contributed by atoms with Crippen molar-refractivity contribution < 1.29 is 23.5 Å². The first-order valence-electron chi connectivity index (χ1n) is 14.7. The molecule has 0 aliphatic carbocycles. The van der Waals surface area contributed by atoms with Crippen molar-refractivity contribution in [2.24, 2.45) is 5.10 Å². The van der Waals surface area contributed by atoms with Crippen LogP contribution in [0.5, 0.6) is 11.5 Å². The number of para-hydroxylation sites is 1. The molecule has 1 atom stereocenters. The number of carbonyl (C=O) groups excluding carboxylic acids is 2. The van der Waals surface area contributed by atoms with E-state index in [1.54, 1.807) is 25.6 Å². The Labute approximate surface area is 279 Å². The number of aryl methyl sites for hydroxylation is 1. The molecular weight excluding hydrogens is 640 g/mol. The molecule has 0 spiro atoms. The molecule has 240 valence electrons. The van der Waals surface area contributed by atoms with Crippen LogP contribution in [0.1, 0.15) is 44.6 Å². The number of ether oxygens (including phenoxy) is 2. The van der Waals surface area contributed by atoms with Crippen molar-refractivity contribution in [2.75, 3.05) is 20.0 Å². The lowest BCUT2D eigenvalue weighted by Crippen LogP contribution is -2.29. The maximum Gasteiger partial charge on any atom is 0.253 e. The van der Waals surface area contributed by atoms with Crippen LogP contribution < -0.4 is 14.8 Å². The second-order valence-electron chi connectivity index (χ2n) is 10.6. The molecular formula is C34H31FN6O4S2. The van der Waals surface area contributed by atoms with E-state index in [0.29, 0.717) is 28.9 Å². The zero-order valence-corrected chi connectivity index (χ0v) is 27.5. The molecule has 0 saturated carbocycles. The largest absolute Gasteiger partial charge is 0.493 e. The maximum absolute atomic E-state index is 14.0. The Morgan fingerprint density at radius 3 is 2.60 bits per heavy atom. The summed E-state index contributed by atoms with van der Waals surface area (Å²) in [5.41, 5.74) is 3.59. The molecule has 1 aliphatic heterocycles. The van der Waals surface area contributed by atoms with Crippen molar-refractivity contribution in [3.8, 4) is 17.2 Å². The van der Waals surface area contributed by atoms with Gasteiger partial charge in [-0.2, -0.15) is 5.10 Å². The molecule has 1 unspecified atom stereocenters. The van der Waals surface area contributed by atoms with E-state index in [-0.39, 0.29) is 23.8 Å². The summed E-state index contributed by atoms with van der Waals surface area (Å²) in [6.07, 6.45) is 0.509. The van der Waals surface area contributed by atoms with Crippen LogP contribution in [0.2, 0.25) is 0 Å². The molecule has 0 radical (unpaired) electrons. The highest BCUT2D eigenvalue weighted by Gasteiger charge is 2.36. The monoisotopic (exact) mass is 670 g/mol. The van der Waals surface area contributed by atoms with Crippen LogP contribution in [0, 0.1) is 12.7 Å². The molecule has 0 fully saturated rings. The van der Waals surface area contributed by atoms with Gasteiger partial charge in [0, 0.05) is 23.2 Å². The van der Waals surface area contributed by atoms with Gasteiger partial charge in [0.1, 0.15) is 5.82 Å². The third-order valence-corrected chi connectivity index (χ3v) is 9.38. The van der Waals surface area contributed by atoms with Gasteiger partial charge in [0.25, 0.3) is 11.8 Å². The van der Waals surface area contributed by atoms with Crippen molar-refractivity contribution in [1.82, 2.24) is 25.1 Å². The number of nitrogens with one attached hydrogen (secondary N) is 1. The Balaban J connectivity index is 1.27. The van der Waals surface area contributed by atoms with Crippen molar-refractivity contribution in [3.63, 3.8) is 0 Å². The third-order valence-electron chi connectivity index (χ3n) is 7.54. The first kappa shape index (κ1) is 32.0. The molecule has 47 heavy (non-hydrogen) atoms. The number of nitrogens with zero attached hydrogens (tertiary/aromatic N) is 5. The minimum atomic E-state index is -0.499. The van der Waals surface area contributed by atoms with E-state index >= 15 is 0 Å². The lowest BCUT2D eigenvalue weighted by Gasteiger charge is -2.24. The summed E-state index contributed by atoms with van der Waals surface area (Å²) in [7, 11) is 3.16. The summed E-state index contributed by atoms with van der Waals surface area (Å²) in [6, 6.07) is 22.4. The molecule has 6 rings (SSSR count). The van der Waals surface area contributed by atoms with Crippen LogP contribution >= 0.6 is 23.1 Å². The first-order chi connectivity index (χ1) is 22.9. The predicted octanol–water partition coefficient (Wildman–Crippen LogP) is 6.19. The average Bonchev–Trinajstić information content (AvgIpc) is 3.86. The number of carbonyl (C=O) groups is 2. The Morgan fingerprint density at radius 2 is 1.85 bits per heavy atom. The van der Waals surface area contributed by atoms with E-state index in [9.17, 15) is 14.0 Å². The number of aromatic nitrogens is 3. The number of amides is 2. The van der Waals surface area contributed by atoms with Crippen molar-refractivity contribution in [3.05, 3.63) is 117 Å². The normalized spacial score (nSPS) is 14.2. The van der Waals surface area contributed by atoms with Crippen molar-refractivity contribution in [1.29, 1.82) is 0 Å². The second kappa shape index (κ2) is 14.2. The van der Waals surface area contributed by atoms with Gasteiger partial charge in [-0.05, 0) is 60.3 Å². The average molecular weight is 671 g/mol. The quantitative estimate of drug-likeness (QED) is 0.167. The Kier molecular flexibility index (Phi) is 9.64. The summed E-state index contributed by atoms with van der Waals surface area (Å²) < 4.78 is 26.8. The molecule has 1 N–H and O–H groups in total. The zero-order chi connectivity index (χ0) is 32.9. The van der Waals surface area contributed by atoms with Crippen LogP contribution in [-0.2, 0) is 11.3 Å². The minimum Gasteiger partial charge on any atom is -0.493 e. The van der Waals surface area contributed by atoms with Gasteiger partial charge >= 0.3 is 0 Å². The van der Waals surface area contributed by atoms with Crippen LogP contribution in [0.3, 0.4) is 0 Å². The highest BCUT2D eigenvalue weighted by Crippen LogP contribution is 2.42. The van der Waals surface area contributed by atoms with Crippen molar-refractivity contribution >= 4 is 40.6 Å². The highest BCUT2D eigenvalue weighted by molar-refractivity contribution is 7.99. The van der Waals surface area contributed by atoms with E-state index in [2.05, 4.69) is 15.5 Å². The van der Waals surface area contributed by atoms with Gasteiger partial charge in [-0.1, -0.05) is 48.2 Å². The SMILES string of the molecule is COc1cccc(C2CC(c3cccs3)=NN2C(=O)CSc2nnc(CNC(=O)c3cccc(F)c3)n2-c2cccc(C)c2)c1OC. The Morgan fingerprint density at radius 1 is 1.02 bits per heavy atom. The number of hydrazone groups is 1. The highest BCUT2D eigenvalue weighted by atomic mass is 32.2. The zero-order valence-electron chi connectivity index (χ0n) is 25.8. The Hall–Kier alpha value is -5.01. The fourth-order valence-electron chi connectivity index (χ4n) is 5.37. The first-order valence-corrected chi connectivity index (χ1v) is 16.5. The number of thiophene rings is 1. The van der Waals surface area contributed by atoms with Gasteiger partial charge in [-0.15, -0.1) is 21.5 Å². The van der Waals surface area contributed by atoms with Crippen LogP contribution in [0.4, 0.5) is 4.39 Å². The van der Waals surface area contributed by atoms with E-state index in [4.69, 9.17) is 14.6 Å². The lowest BCUT2D eigenvalue weighted by molar-refractivity contribution is -0.130. The molecule has 1 aliphatic rings. The minimum absolute atomic E-state index is 0.0175. The van der Waals surface area contributed by atoms with Gasteiger partial charge in [0.2, 0.25) is 0 Å². The van der Waals surface area contributed by atoms with E-state index < -0.39 is 17.8 Å². The van der Waals surface area contributed by atoms with E-state index in [1.165, 1.54) is 41.0 Å². The number of benzene rings is 3. The van der Waals surface area contributed by atoms with Gasteiger partial charge in [-0.25, -0.2) is 9.40 Å². The summed E-state index contributed by atoms with van der Waals surface area (Å²) in [4.78, 5) is 27.7. The smallest absolute Gasteiger partial charge is 0.253 e. The fourth-order valence-corrected chi connectivity index (χ4v) is 6.91. The number of thioether (sulfide) groups is 1. The molecule has 3 aromatic carbocycles. The molecule has 5 aromatic rings. The second-order valence-corrected chi connectivity index (χ2v) is 12.5. The van der Waals surface area contributed by atoms with Crippen LogP contribution in [0.15, 0.2) is 94.5 Å². The lowest BCUT2D eigenvalue weighted by atomic mass is 9.99. The summed E-state index contributed by atoms with van der Waals surface area (Å²) >= 11 is 2.79. The molecule has 2 amide bonds. The van der Waals surface area contributed by atoms with Crippen LogP contribution in [0.25, 0.3) is 5.69 Å². The predicted molar refractivity (Wildman–Crippen MR) is 179 cm³/mol. The Bertz CT molecular complexity index is 1940. The number of halogens is 1.